The van der Waals surface area contributed by atoms with Gasteiger partial charge in [-0.1, -0.05) is 6.07 Å². The fraction of sp³-hybridized carbons (Fsp3) is 0.353. The van der Waals surface area contributed by atoms with Crippen LogP contribution in [0.1, 0.15) is 10.4 Å². The van der Waals surface area contributed by atoms with Gasteiger partial charge >= 0.3 is 0 Å². The minimum atomic E-state index is -0.321. The molecule has 1 saturated heterocycles. The molecule has 1 aliphatic heterocycles. The van der Waals surface area contributed by atoms with Crippen LogP contribution >= 0.6 is 0 Å². The Bertz CT molecular complexity index is 730. The van der Waals surface area contributed by atoms with E-state index in [1.807, 2.05) is 4.90 Å². The number of methoxy groups -OCH3 is 2. The van der Waals surface area contributed by atoms with Crippen molar-refractivity contribution in [2.24, 2.45) is 0 Å². The molecule has 0 bridgehead atoms. The molecular formula is C17H20N4O4. The van der Waals surface area contributed by atoms with Crippen molar-refractivity contribution < 1.29 is 19.0 Å². The van der Waals surface area contributed by atoms with Crippen molar-refractivity contribution in [3.8, 4) is 11.5 Å². The molecule has 0 spiro atoms. The van der Waals surface area contributed by atoms with Gasteiger partial charge in [0.2, 0.25) is 5.95 Å². The molecule has 132 valence electrons. The number of para-hydroxylation sites is 1. The Morgan fingerprint density at radius 2 is 1.88 bits per heavy atom. The Hall–Kier alpha value is -2.87. The Morgan fingerprint density at radius 3 is 2.52 bits per heavy atom. The second kappa shape index (κ2) is 7.80. The molecule has 2 aromatic rings. The summed E-state index contributed by atoms with van der Waals surface area (Å²) in [4.78, 5) is 23.2. The fourth-order valence-corrected chi connectivity index (χ4v) is 2.58. The molecule has 3 rings (SSSR count). The van der Waals surface area contributed by atoms with Crippen LogP contribution in [-0.4, -0.2) is 56.4 Å². The lowest BCUT2D eigenvalue weighted by atomic mass is 10.1. The van der Waals surface area contributed by atoms with Crippen molar-refractivity contribution in [2.45, 2.75) is 0 Å². The third kappa shape index (κ3) is 3.80. The number of benzene rings is 1. The minimum absolute atomic E-state index is 0.321. The summed E-state index contributed by atoms with van der Waals surface area (Å²) in [5.41, 5.74) is 0.881. The van der Waals surface area contributed by atoms with Gasteiger partial charge in [-0.15, -0.1) is 0 Å². The molecule has 25 heavy (non-hydrogen) atoms. The molecule has 1 N–H and O–H groups in total. The highest BCUT2D eigenvalue weighted by atomic mass is 16.5. The quantitative estimate of drug-likeness (QED) is 0.881. The summed E-state index contributed by atoms with van der Waals surface area (Å²) < 4.78 is 15.8. The number of anilines is 2. The van der Waals surface area contributed by atoms with E-state index in [-0.39, 0.29) is 5.91 Å². The van der Waals surface area contributed by atoms with Crippen LogP contribution in [0.3, 0.4) is 0 Å². The highest BCUT2D eigenvalue weighted by molar-refractivity contribution is 6.06. The van der Waals surface area contributed by atoms with Crippen LogP contribution in [0, 0.1) is 0 Å². The second-order valence-corrected chi connectivity index (χ2v) is 5.37. The smallest absolute Gasteiger partial charge is 0.259 e. The zero-order valence-corrected chi connectivity index (χ0v) is 14.2. The van der Waals surface area contributed by atoms with Crippen molar-refractivity contribution in [3.63, 3.8) is 0 Å². The maximum absolute atomic E-state index is 12.5. The van der Waals surface area contributed by atoms with E-state index in [0.717, 1.165) is 13.1 Å². The molecule has 0 atom stereocenters. The molecule has 0 aliphatic carbocycles. The molecule has 1 aromatic heterocycles. The number of carbonyl (C=O) groups excluding carboxylic acids is 1. The number of rotatable bonds is 5. The average molecular weight is 344 g/mol. The van der Waals surface area contributed by atoms with E-state index in [2.05, 4.69) is 15.3 Å². The summed E-state index contributed by atoms with van der Waals surface area (Å²) in [5, 5.41) is 2.77. The third-order valence-corrected chi connectivity index (χ3v) is 3.84. The molecule has 1 aromatic carbocycles. The Balaban J connectivity index is 1.73. The predicted molar refractivity (Wildman–Crippen MR) is 92.6 cm³/mol. The number of morpholine rings is 1. The second-order valence-electron chi connectivity index (χ2n) is 5.37. The zero-order valence-electron chi connectivity index (χ0n) is 14.2. The van der Waals surface area contributed by atoms with E-state index in [4.69, 9.17) is 14.2 Å². The Kier molecular flexibility index (Phi) is 5.30. The number of hydrogen-bond donors (Lipinski definition) is 1. The largest absolute Gasteiger partial charge is 0.493 e. The molecular weight excluding hydrogens is 324 g/mol. The molecule has 0 saturated carbocycles. The van der Waals surface area contributed by atoms with Crippen LogP contribution in [0.4, 0.5) is 11.6 Å². The van der Waals surface area contributed by atoms with Crippen LogP contribution < -0.4 is 19.7 Å². The minimum Gasteiger partial charge on any atom is -0.493 e. The highest BCUT2D eigenvalue weighted by Crippen LogP contribution is 2.31. The summed E-state index contributed by atoms with van der Waals surface area (Å²) in [6, 6.07) is 5.13. The van der Waals surface area contributed by atoms with Gasteiger partial charge in [0.25, 0.3) is 5.91 Å². The summed E-state index contributed by atoms with van der Waals surface area (Å²) in [6.45, 7) is 2.84. The van der Waals surface area contributed by atoms with E-state index in [9.17, 15) is 4.79 Å². The van der Waals surface area contributed by atoms with E-state index in [1.54, 1.807) is 30.6 Å². The molecule has 1 amide bonds. The van der Waals surface area contributed by atoms with Gasteiger partial charge in [0, 0.05) is 13.1 Å². The maximum Gasteiger partial charge on any atom is 0.259 e. The first kappa shape index (κ1) is 17.0. The van der Waals surface area contributed by atoms with Gasteiger partial charge in [0.15, 0.2) is 11.5 Å². The van der Waals surface area contributed by atoms with E-state index >= 15 is 0 Å². The standard InChI is InChI=1S/C17H20N4O4/c1-23-14-5-3-4-13(15(14)24-2)16(22)20-12-10-18-17(19-11-12)21-6-8-25-9-7-21/h3-5,10-11H,6-9H2,1-2H3,(H,20,22). The molecule has 0 radical (unpaired) electrons. The van der Waals surface area contributed by atoms with Gasteiger partial charge in [0.05, 0.1) is 51.1 Å². The SMILES string of the molecule is COc1cccc(C(=O)Nc2cnc(N3CCOCC3)nc2)c1OC. The zero-order chi connectivity index (χ0) is 17.6. The van der Waals surface area contributed by atoms with Crippen molar-refractivity contribution in [1.29, 1.82) is 0 Å². The first-order chi connectivity index (χ1) is 12.2. The van der Waals surface area contributed by atoms with Gasteiger partial charge in [-0.2, -0.15) is 0 Å². The number of ether oxygens (including phenoxy) is 3. The fourth-order valence-electron chi connectivity index (χ4n) is 2.58. The number of hydrogen-bond acceptors (Lipinski definition) is 7. The lowest BCUT2D eigenvalue weighted by Crippen LogP contribution is -2.37. The lowest BCUT2D eigenvalue weighted by molar-refractivity contribution is 0.102. The molecule has 1 aliphatic rings. The van der Waals surface area contributed by atoms with Gasteiger partial charge in [-0.3, -0.25) is 4.79 Å². The topological polar surface area (TPSA) is 85.8 Å². The summed E-state index contributed by atoms with van der Waals surface area (Å²) in [5.74, 6) is 1.18. The third-order valence-electron chi connectivity index (χ3n) is 3.84. The molecule has 0 unspecified atom stereocenters. The molecule has 8 heteroatoms. The lowest BCUT2D eigenvalue weighted by Gasteiger charge is -2.26. The van der Waals surface area contributed by atoms with E-state index in [0.29, 0.717) is 41.9 Å². The highest BCUT2D eigenvalue weighted by Gasteiger charge is 2.17. The van der Waals surface area contributed by atoms with Crippen LogP contribution in [0.15, 0.2) is 30.6 Å². The van der Waals surface area contributed by atoms with Crippen molar-refractivity contribution >= 4 is 17.5 Å². The van der Waals surface area contributed by atoms with Crippen molar-refractivity contribution in [3.05, 3.63) is 36.2 Å². The normalized spacial score (nSPS) is 14.1. The van der Waals surface area contributed by atoms with Crippen LogP contribution in [0.25, 0.3) is 0 Å². The van der Waals surface area contributed by atoms with Crippen LogP contribution in [0.2, 0.25) is 0 Å². The first-order valence-electron chi connectivity index (χ1n) is 7.90. The number of carbonyl (C=O) groups is 1. The van der Waals surface area contributed by atoms with Gasteiger partial charge in [0.1, 0.15) is 0 Å². The monoisotopic (exact) mass is 344 g/mol. The summed E-state index contributed by atoms with van der Waals surface area (Å²) >= 11 is 0. The number of nitrogens with zero attached hydrogens (tertiary/aromatic N) is 3. The van der Waals surface area contributed by atoms with Crippen molar-refractivity contribution in [2.75, 3.05) is 50.7 Å². The van der Waals surface area contributed by atoms with Crippen LogP contribution in [0.5, 0.6) is 11.5 Å². The van der Waals surface area contributed by atoms with Crippen LogP contribution in [-0.2, 0) is 4.74 Å². The van der Waals surface area contributed by atoms with E-state index < -0.39 is 0 Å². The number of nitrogens with one attached hydrogen (secondary N) is 1. The van der Waals surface area contributed by atoms with Gasteiger partial charge < -0.3 is 24.4 Å². The summed E-state index contributed by atoms with van der Waals surface area (Å²) in [7, 11) is 3.02. The number of amides is 1. The van der Waals surface area contributed by atoms with Gasteiger partial charge in [-0.05, 0) is 12.1 Å². The van der Waals surface area contributed by atoms with Gasteiger partial charge in [-0.25, -0.2) is 9.97 Å². The summed E-state index contributed by atoms with van der Waals surface area (Å²) in [6.07, 6.45) is 3.17. The predicted octanol–water partition coefficient (Wildman–Crippen LogP) is 1.58. The Morgan fingerprint density at radius 1 is 1.16 bits per heavy atom. The first-order valence-corrected chi connectivity index (χ1v) is 7.90. The maximum atomic E-state index is 12.5. The van der Waals surface area contributed by atoms with E-state index in [1.165, 1.54) is 14.2 Å². The van der Waals surface area contributed by atoms with Crippen molar-refractivity contribution in [1.82, 2.24) is 9.97 Å². The average Bonchev–Trinajstić information content (AvgIpc) is 2.68. The Labute approximate surface area is 145 Å². The number of aromatic nitrogens is 2. The molecule has 8 nitrogen and oxygen atoms in total. The molecule has 1 fully saturated rings. The molecule has 2 heterocycles.